The predicted molar refractivity (Wildman–Crippen MR) is 97.0 cm³/mol. The van der Waals surface area contributed by atoms with Crippen molar-refractivity contribution in [3.63, 3.8) is 0 Å². The monoisotopic (exact) mass is 357 g/mol. The van der Waals surface area contributed by atoms with E-state index in [9.17, 15) is 9.59 Å². The number of rotatable bonds is 9. The molecule has 0 bridgehead atoms. The number of carboxylic acids is 1. The largest absolute Gasteiger partial charge is 0.497 e. The number of ether oxygens (including phenoxy) is 1. The van der Waals surface area contributed by atoms with Crippen LogP contribution in [0.3, 0.4) is 0 Å². The summed E-state index contributed by atoms with van der Waals surface area (Å²) in [5.41, 5.74) is 1.85. The molecule has 0 aliphatic rings. The molecule has 2 amide bonds. The number of carboxylic acid groups (broad SMARTS) is 1. The molecular weight excluding hydrogens is 334 g/mol. The fraction of sp³-hybridized carbons (Fsp3) is 0.316. The van der Waals surface area contributed by atoms with Gasteiger partial charge in [-0.1, -0.05) is 18.2 Å². The Hall–Kier alpha value is -3.09. The molecule has 7 nitrogen and oxygen atoms in total. The first-order valence-electron chi connectivity index (χ1n) is 8.36. The second-order valence-electron chi connectivity index (χ2n) is 5.72. The first-order chi connectivity index (χ1) is 12.6. The molecule has 0 radical (unpaired) electrons. The van der Waals surface area contributed by atoms with E-state index in [1.165, 1.54) is 0 Å². The van der Waals surface area contributed by atoms with Gasteiger partial charge in [0, 0.05) is 37.9 Å². The van der Waals surface area contributed by atoms with Gasteiger partial charge in [-0.15, -0.1) is 0 Å². The van der Waals surface area contributed by atoms with Crippen LogP contribution >= 0.6 is 0 Å². The van der Waals surface area contributed by atoms with Crippen molar-refractivity contribution in [1.82, 2.24) is 15.2 Å². The van der Waals surface area contributed by atoms with Crippen LogP contribution in [0.1, 0.15) is 17.7 Å². The third kappa shape index (κ3) is 6.43. The van der Waals surface area contributed by atoms with E-state index in [4.69, 9.17) is 9.84 Å². The van der Waals surface area contributed by atoms with Crippen LogP contribution in [0, 0.1) is 0 Å². The molecule has 2 N–H and O–H groups in total. The molecule has 0 aliphatic carbocycles. The summed E-state index contributed by atoms with van der Waals surface area (Å²) in [6, 6.07) is 12.9. The molecule has 7 heteroatoms. The molecule has 0 aliphatic heterocycles. The molecule has 1 heterocycles. The quantitative estimate of drug-likeness (QED) is 0.719. The van der Waals surface area contributed by atoms with Crippen molar-refractivity contribution in [2.75, 3.05) is 20.2 Å². The predicted octanol–water partition coefficient (Wildman–Crippen LogP) is 2.32. The number of benzene rings is 1. The van der Waals surface area contributed by atoms with Gasteiger partial charge in [-0.25, -0.2) is 4.79 Å². The van der Waals surface area contributed by atoms with E-state index in [-0.39, 0.29) is 19.0 Å². The Bertz CT molecular complexity index is 704. The summed E-state index contributed by atoms with van der Waals surface area (Å²) in [5.74, 6) is -0.194. The molecule has 0 unspecified atom stereocenters. The lowest BCUT2D eigenvalue weighted by atomic mass is 10.2. The van der Waals surface area contributed by atoms with Crippen molar-refractivity contribution in [2.45, 2.75) is 19.4 Å². The number of methoxy groups -OCH3 is 1. The molecule has 0 spiro atoms. The molecule has 0 saturated heterocycles. The fourth-order valence-corrected chi connectivity index (χ4v) is 2.39. The van der Waals surface area contributed by atoms with E-state index in [0.717, 1.165) is 17.0 Å². The van der Waals surface area contributed by atoms with Gasteiger partial charge < -0.3 is 20.1 Å². The van der Waals surface area contributed by atoms with E-state index < -0.39 is 5.97 Å². The number of carbonyl (C=O) groups excluding carboxylic acids is 1. The topological polar surface area (TPSA) is 91.8 Å². The maximum atomic E-state index is 12.5. The van der Waals surface area contributed by atoms with Gasteiger partial charge in [0.15, 0.2) is 0 Å². The average Bonchev–Trinajstić information content (AvgIpc) is 2.66. The van der Waals surface area contributed by atoms with Gasteiger partial charge in [0.1, 0.15) is 5.75 Å². The lowest BCUT2D eigenvalue weighted by Gasteiger charge is -2.23. The van der Waals surface area contributed by atoms with E-state index in [0.29, 0.717) is 19.5 Å². The third-order valence-corrected chi connectivity index (χ3v) is 3.80. The molecule has 1 aromatic heterocycles. The molecule has 0 fully saturated rings. The number of amides is 2. The number of nitrogens with zero attached hydrogens (tertiary/aromatic N) is 2. The van der Waals surface area contributed by atoms with Crippen molar-refractivity contribution >= 4 is 12.0 Å². The number of nitrogens with one attached hydrogen (secondary N) is 1. The molecular formula is C19H23N3O4. The minimum absolute atomic E-state index is 0.0941. The first-order valence-corrected chi connectivity index (χ1v) is 8.36. The van der Waals surface area contributed by atoms with Gasteiger partial charge >= 0.3 is 12.0 Å². The molecule has 0 atom stereocenters. The summed E-state index contributed by atoms with van der Waals surface area (Å²) in [5, 5.41) is 11.4. The first kappa shape index (κ1) is 19.2. The van der Waals surface area contributed by atoms with Crippen molar-refractivity contribution in [1.29, 1.82) is 0 Å². The van der Waals surface area contributed by atoms with E-state index in [1.807, 2.05) is 42.5 Å². The number of carbonyl (C=O) groups is 2. The summed E-state index contributed by atoms with van der Waals surface area (Å²) in [7, 11) is 1.60. The van der Waals surface area contributed by atoms with Crippen LogP contribution in [0.5, 0.6) is 5.75 Å². The number of hydrogen-bond acceptors (Lipinski definition) is 4. The van der Waals surface area contributed by atoms with Gasteiger partial charge in [0.2, 0.25) is 0 Å². The Kier molecular flexibility index (Phi) is 7.42. The zero-order valence-electron chi connectivity index (χ0n) is 14.7. The van der Waals surface area contributed by atoms with Crippen molar-refractivity contribution in [3.05, 3.63) is 59.9 Å². The maximum absolute atomic E-state index is 12.5. The Labute approximate surface area is 152 Å². The van der Waals surface area contributed by atoms with Crippen molar-refractivity contribution in [2.24, 2.45) is 0 Å². The molecule has 1 aromatic carbocycles. The highest BCUT2D eigenvalue weighted by Crippen LogP contribution is 2.13. The third-order valence-electron chi connectivity index (χ3n) is 3.80. The van der Waals surface area contributed by atoms with Crippen molar-refractivity contribution < 1.29 is 19.4 Å². The van der Waals surface area contributed by atoms with Gasteiger partial charge in [-0.2, -0.15) is 0 Å². The van der Waals surface area contributed by atoms with Crippen molar-refractivity contribution in [3.8, 4) is 5.75 Å². The van der Waals surface area contributed by atoms with E-state index in [1.54, 1.807) is 18.2 Å². The van der Waals surface area contributed by atoms with Crippen LogP contribution in [-0.4, -0.2) is 47.2 Å². The second kappa shape index (κ2) is 10.0. The standard InChI is InChI=1S/C19H23N3O4/c1-26-17-7-5-15(6-8-17)14-22(19(25)21-12-9-18(23)24)13-10-16-4-2-3-11-20-16/h2-8,11H,9-10,12-14H2,1H3,(H,21,25)(H,23,24). The smallest absolute Gasteiger partial charge is 0.317 e. The number of hydrogen-bond donors (Lipinski definition) is 2. The number of aromatic nitrogens is 1. The summed E-state index contributed by atoms with van der Waals surface area (Å²) in [6.07, 6.45) is 2.22. The maximum Gasteiger partial charge on any atom is 0.317 e. The minimum atomic E-state index is -0.944. The lowest BCUT2D eigenvalue weighted by Crippen LogP contribution is -2.41. The second-order valence-corrected chi connectivity index (χ2v) is 5.72. The highest BCUT2D eigenvalue weighted by Gasteiger charge is 2.14. The zero-order chi connectivity index (χ0) is 18.8. The Morgan fingerprint density at radius 1 is 1.19 bits per heavy atom. The Morgan fingerprint density at radius 2 is 1.96 bits per heavy atom. The van der Waals surface area contributed by atoms with Crippen LogP contribution in [-0.2, 0) is 17.8 Å². The van der Waals surface area contributed by atoms with Gasteiger partial charge in [0.05, 0.1) is 13.5 Å². The SMILES string of the molecule is COc1ccc(CN(CCc2ccccn2)C(=O)NCCC(=O)O)cc1. The van der Waals surface area contributed by atoms with Crippen LogP contribution in [0.2, 0.25) is 0 Å². The van der Waals surface area contributed by atoms with Gasteiger partial charge in [0.25, 0.3) is 0 Å². The van der Waals surface area contributed by atoms with Crippen LogP contribution in [0.4, 0.5) is 4.79 Å². The lowest BCUT2D eigenvalue weighted by molar-refractivity contribution is -0.136. The van der Waals surface area contributed by atoms with Crippen LogP contribution < -0.4 is 10.1 Å². The molecule has 0 saturated carbocycles. The number of aliphatic carboxylic acids is 1. The fourth-order valence-electron chi connectivity index (χ4n) is 2.39. The average molecular weight is 357 g/mol. The van der Waals surface area contributed by atoms with Crippen LogP contribution in [0.25, 0.3) is 0 Å². The number of urea groups is 1. The highest BCUT2D eigenvalue weighted by atomic mass is 16.5. The Morgan fingerprint density at radius 3 is 2.58 bits per heavy atom. The summed E-state index contributed by atoms with van der Waals surface area (Å²) >= 11 is 0. The van der Waals surface area contributed by atoms with Gasteiger partial charge in [-0.05, 0) is 29.8 Å². The Balaban J connectivity index is 2.01. The van der Waals surface area contributed by atoms with E-state index in [2.05, 4.69) is 10.3 Å². The minimum Gasteiger partial charge on any atom is -0.497 e. The zero-order valence-corrected chi connectivity index (χ0v) is 14.7. The summed E-state index contributed by atoms with van der Waals surface area (Å²) in [6.45, 7) is 0.981. The molecule has 2 rings (SSSR count). The highest BCUT2D eigenvalue weighted by molar-refractivity contribution is 5.75. The van der Waals surface area contributed by atoms with Gasteiger partial charge in [-0.3, -0.25) is 9.78 Å². The number of pyridine rings is 1. The summed E-state index contributed by atoms with van der Waals surface area (Å²) < 4.78 is 5.15. The molecule has 26 heavy (non-hydrogen) atoms. The normalized spacial score (nSPS) is 10.2. The van der Waals surface area contributed by atoms with Crippen LogP contribution in [0.15, 0.2) is 48.7 Å². The summed E-state index contributed by atoms with van der Waals surface area (Å²) in [4.78, 5) is 29.0. The van der Waals surface area contributed by atoms with E-state index >= 15 is 0 Å². The molecule has 2 aromatic rings. The molecule has 138 valence electrons.